The van der Waals surface area contributed by atoms with E-state index in [0.717, 1.165) is 24.6 Å². The lowest BCUT2D eigenvalue weighted by Crippen LogP contribution is -2.42. The van der Waals surface area contributed by atoms with E-state index in [-0.39, 0.29) is 34.8 Å². The average Bonchev–Trinajstić information content (AvgIpc) is 3.09. The molecule has 1 aromatic rings. The van der Waals surface area contributed by atoms with Gasteiger partial charge in [-0.3, -0.25) is 14.5 Å². The minimum absolute atomic E-state index is 0. The Kier molecular flexibility index (Phi) is 6.48. The van der Waals surface area contributed by atoms with Gasteiger partial charge in [0, 0.05) is 57.8 Å². The quantitative estimate of drug-likeness (QED) is 0.603. The van der Waals surface area contributed by atoms with E-state index in [0.29, 0.717) is 18.9 Å². The Labute approximate surface area is 160 Å². The Bertz CT molecular complexity index is 622. The van der Waals surface area contributed by atoms with Crippen LogP contribution in [-0.2, 0) is 11.8 Å². The largest absolute Gasteiger partial charge is 0.370 e. The predicted octanol–water partition coefficient (Wildman–Crippen LogP) is 1.56. The lowest BCUT2D eigenvalue weighted by molar-refractivity contribution is -0.127. The van der Waals surface area contributed by atoms with Crippen molar-refractivity contribution in [2.24, 2.45) is 29.6 Å². The van der Waals surface area contributed by atoms with Crippen LogP contribution in [0.5, 0.6) is 0 Å². The van der Waals surface area contributed by atoms with Crippen molar-refractivity contribution >= 4 is 28.8 Å². The van der Waals surface area contributed by atoms with Crippen molar-refractivity contribution in [1.29, 1.82) is 0 Å². The molecule has 0 spiro atoms. The Morgan fingerprint density at radius 1 is 1.36 bits per heavy atom. The molecule has 1 amide bonds. The maximum atomic E-state index is 12.2. The third-order valence-electron chi connectivity index (χ3n) is 5.36. The van der Waals surface area contributed by atoms with Crippen molar-refractivity contribution in [3.63, 3.8) is 0 Å². The molecule has 0 aliphatic carbocycles. The number of carbonyl (C=O) groups is 1. The van der Waals surface area contributed by atoms with Crippen LogP contribution >= 0.6 is 17.0 Å². The molecule has 7 nitrogen and oxygen atoms in total. The summed E-state index contributed by atoms with van der Waals surface area (Å²) in [6.45, 7) is 4.81. The van der Waals surface area contributed by atoms with Crippen LogP contribution in [0, 0.1) is 11.8 Å². The molecule has 0 radical (unpaired) electrons. The number of aliphatic imine (C=N–C) groups is 1. The van der Waals surface area contributed by atoms with Gasteiger partial charge in [0.05, 0.1) is 12.2 Å². The number of aryl methyl sites for hydroxylation is 1. The number of halogens is 1. The third kappa shape index (κ3) is 4.34. The standard InChI is InChI=1S/C17H28N6O.BrH/c1-12-4-6-23(7-5-12)17(18)19-9-13-8-15(24)22(3)16(13)14-10-20-21(2)11-14;/h10-13,16H,4-9H2,1-3H3,(H2,18,19);1H/t13-,16+;/m0./s1. The number of carbonyl (C=O) groups excluding carboxylic acids is 1. The zero-order chi connectivity index (χ0) is 17.3. The van der Waals surface area contributed by atoms with Crippen molar-refractivity contribution in [2.75, 3.05) is 26.7 Å². The van der Waals surface area contributed by atoms with Crippen LogP contribution in [0.3, 0.4) is 0 Å². The number of hydrogen-bond donors (Lipinski definition) is 1. The number of guanidine groups is 1. The van der Waals surface area contributed by atoms with Gasteiger partial charge in [0.1, 0.15) is 0 Å². The highest BCUT2D eigenvalue weighted by atomic mass is 79.9. The summed E-state index contributed by atoms with van der Waals surface area (Å²) in [7, 11) is 3.75. The van der Waals surface area contributed by atoms with Gasteiger partial charge < -0.3 is 15.5 Å². The summed E-state index contributed by atoms with van der Waals surface area (Å²) >= 11 is 0. The van der Waals surface area contributed by atoms with Gasteiger partial charge in [-0.2, -0.15) is 5.10 Å². The molecule has 0 bridgehead atoms. The van der Waals surface area contributed by atoms with Crippen LogP contribution in [0.4, 0.5) is 0 Å². The summed E-state index contributed by atoms with van der Waals surface area (Å²) in [6.07, 6.45) is 6.67. The molecule has 2 saturated heterocycles. The number of amides is 1. The molecule has 8 heteroatoms. The monoisotopic (exact) mass is 412 g/mol. The second kappa shape index (κ2) is 8.21. The zero-order valence-electron chi connectivity index (χ0n) is 15.3. The zero-order valence-corrected chi connectivity index (χ0v) is 17.0. The van der Waals surface area contributed by atoms with Gasteiger partial charge in [-0.25, -0.2) is 0 Å². The van der Waals surface area contributed by atoms with Gasteiger partial charge in [-0.15, -0.1) is 17.0 Å². The molecule has 0 aromatic carbocycles. The third-order valence-corrected chi connectivity index (χ3v) is 5.36. The fourth-order valence-corrected chi connectivity index (χ4v) is 3.75. The Morgan fingerprint density at radius 3 is 2.64 bits per heavy atom. The van der Waals surface area contributed by atoms with Gasteiger partial charge in [-0.05, 0) is 18.8 Å². The molecule has 0 unspecified atom stereocenters. The molecule has 2 fully saturated rings. The maximum absolute atomic E-state index is 12.2. The van der Waals surface area contributed by atoms with E-state index in [4.69, 9.17) is 5.73 Å². The molecule has 3 rings (SSSR count). The molecular weight excluding hydrogens is 384 g/mol. The fourth-order valence-electron chi connectivity index (χ4n) is 3.75. The van der Waals surface area contributed by atoms with Gasteiger partial charge in [0.2, 0.25) is 5.91 Å². The highest BCUT2D eigenvalue weighted by molar-refractivity contribution is 8.93. The van der Waals surface area contributed by atoms with Gasteiger partial charge in [0.15, 0.2) is 5.96 Å². The maximum Gasteiger partial charge on any atom is 0.223 e. The molecule has 2 aliphatic rings. The molecule has 2 aliphatic heterocycles. The summed E-state index contributed by atoms with van der Waals surface area (Å²) in [4.78, 5) is 20.8. The van der Waals surface area contributed by atoms with Crippen LogP contribution in [0.2, 0.25) is 0 Å². The second-order valence-electron chi connectivity index (χ2n) is 7.23. The minimum atomic E-state index is 0. The summed E-state index contributed by atoms with van der Waals surface area (Å²) in [5.74, 6) is 1.70. The first-order chi connectivity index (χ1) is 11.5. The predicted molar refractivity (Wildman–Crippen MR) is 104 cm³/mol. The SMILES string of the molecule is Br.CC1CCN(C(N)=NC[C@@H]2CC(=O)N(C)[C@H]2c2cnn(C)c2)CC1. The topological polar surface area (TPSA) is 79.8 Å². The van der Waals surface area contributed by atoms with E-state index in [1.54, 1.807) is 4.68 Å². The lowest BCUT2D eigenvalue weighted by atomic mass is 9.96. The van der Waals surface area contributed by atoms with E-state index < -0.39 is 0 Å². The van der Waals surface area contributed by atoms with Gasteiger partial charge in [-0.1, -0.05) is 6.92 Å². The molecule has 25 heavy (non-hydrogen) atoms. The van der Waals surface area contributed by atoms with Crippen molar-refractivity contribution in [2.45, 2.75) is 32.2 Å². The van der Waals surface area contributed by atoms with Crippen molar-refractivity contribution in [3.05, 3.63) is 18.0 Å². The van der Waals surface area contributed by atoms with Crippen LogP contribution in [-0.4, -0.2) is 58.1 Å². The van der Waals surface area contributed by atoms with Crippen LogP contribution in [0.1, 0.15) is 37.8 Å². The summed E-state index contributed by atoms with van der Waals surface area (Å²) in [5.41, 5.74) is 7.26. The van der Waals surface area contributed by atoms with Crippen molar-refractivity contribution in [1.82, 2.24) is 19.6 Å². The number of hydrogen-bond acceptors (Lipinski definition) is 3. The Hall–Kier alpha value is -1.57. The van der Waals surface area contributed by atoms with E-state index >= 15 is 0 Å². The van der Waals surface area contributed by atoms with E-state index in [9.17, 15) is 4.79 Å². The minimum Gasteiger partial charge on any atom is -0.370 e. The first-order valence-electron chi connectivity index (χ1n) is 8.74. The normalized spacial score (nSPS) is 25.4. The first kappa shape index (κ1) is 19.8. The van der Waals surface area contributed by atoms with E-state index in [1.165, 1.54) is 12.8 Å². The molecule has 0 saturated carbocycles. The molecule has 2 atom stereocenters. The van der Waals surface area contributed by atoms with Gasteiger partial charge in [0.25, 0.3) is 0 Å². The number of rotatable bonds is 3. The van der Waals surface area contributed by atoms with Crippen LogP contribution in [0.25, 0.3) is 0 Å². The van der Waals surface area contributed by atoms with Crippen molar-refractivity contribution < 1.29 is 4.79 Å². The smallest absolute Gasteiger partial charge is 0.223 e. The van der Waals surface area contributed by atoms with Crippen molar-refractivity contribution in [3.8, 4) is 0 Å². The molecule has 1 aromatic heterocycles. The number of nitrogens with zero attached hydrogens (tertiary/aromatic N) is 5. The number of aromatic nitrogens is 2. The highest BCUT2D eigenvalue weighted by Crippen LogP contribution is 2.36. The first-order valence-corrected chi connectivity index (χ1v) is 8.74. The van der Waals surface area contributed by atoms with E-state index in [2.05, 4.69) is 21.9 Å². The molecule has 140 valence electrons. The summed E-state index contributed by atoms with van der Waals surface area (Å²) in [6, 6.07) is 0.0316. The van der Waals surface area contributed by atoms with E-state index in [1.807, 2.05) is 31.4 Å². The molecule has 2 N–H and O–H groups in total. The Balaban J connectivity index is 0.00000225. The van der Waals surface area contributed by atoms with Crippen LogP contribution in [0.15, 0.2) is 17.4 Å². The summed E-state index contributed by atoms with van der Waals surface area (Å²) < 4.78 is 1.77. The fraction of sp³-hybridized carbons (Fsp3) is 0.706. The molecule has 3 heterocycles. The molecular formula is C17H29BrN6O. The second-order valence-corrected chi connectivity index (χ2v) is 7.23. The average molecular weight is 413 g/mol. The number of likely N-dealkylation sites (tertiary alicyclic amines) is 2. The Morgan fingerprint density at radius 2 is 2.04 bits per heavy atom. The van der Waals surface area contributed by atoms with Gasteiger partial charge >= 0.3 is 0 Å². The lowest BCUT2D eigenvalue weighted by Gasteiger charge is -2.31. The number of piperidine rings is 1. The summed E-state index contributed by atoms with van der Waals surface area (Å²) in [5, 5.41) is 4.24. The van der Waals surface area contributed by atoms with Crippen LogP contribution < -0.4 is 5.73 Å². The highest BCUT2D eigenvalue weighted by Gasteiger charge is 2.39. The number of nitrogens with two attached hydrogens (primary N) is 1.